The van der Waals surface area contributed by atoms with Crippen molar-refractivity contribution in [1.82, 2.24) is 4.90 Å². The van der Waals surface area contributed by atoms with Crippen LogP contribution in [-0.2, 0) is 0 Å². The fourth-order valence-electron chi connectivity index (χ4n) is 3.07. The Morgan fingerprint density at radius 2 is 1.82 bits per heavy atom. The van der Waals surface area contributed by atoms with Gasteiger partial charge in [-0.15, -0.1) is 0 Å². The van der Waals surface area contributed by atoms with Crippen molar-refractivity contribution in [1.29, 1.82) is 0 Å². The highest BCUT2D eigenvalue weighted by atomic mass is 15.2. The summed E-state index contributed by atoms with van der Waals surface area (Å²) in [5, 5.41) is 0. The van der Waals surface area contributed by atoms with Gasteiger partial charge >= 0.3 is 0 Å². The van der Waals surface area contributed by atoms with E-state index in [0.717, 1.165) is 23.8 Å². The Balaban J connectivity index is 2.16. The summed E-state index contributed by atoms with van der Waals surface area (Å²) in [7, 11) is 2.29. The van der Waals surface area contributed by atoms with E-state index in [-0.39, 0.29) is 0 Å². The summed E-state index contributed by atoms with van der Waals surface area (Å²) in [5.41, 5.74) is 0. The Morgan fingerprint density at radius 3 is 2.27 bits per heavy atom. The zero-order valence-electron chi connectivity index (χ0n) is 7.88. The molecule has 2 aliphatic heterocycles. The van der Waals surface area contributed by atoms with E-state index >= 15 is 0 Å². The van der Waals surface area contributed by atoms with Gasteiger partial charge in [0.05, 0.1) is 0 Å². The number of fused-ring (bicyclic) bond motifs is 3. The summed E-state index contributed by atoms with van der Waals surface area (Å²) in [6, 6.07) is 0.898. The van der Waals surface area contributed by atoms with Gasteiger partial charge in [-0.3, -0.25) is 0 Å². The first-order chi connectivity index (χ1) is 5.20. The molecule has 0 spiro atoms. The second-order valence-electron chi connectivity index (χ2n) is 4.56. The maximum absolute atomic E-state index is 2.57. The molecule has 0 aromatic carbocycles. The molecule has 4 unspecified atom stereocenters. The first kappa shape index (κ1) is 7.60. The minimum Gasteiger partial charge on any atom is -0.303 e. The average molecular weight is 153 g/mol. The summed E-state index contributed by atoms with van der Waals surface area (Å²) in [4.78, 5) is 2.57. The number of hydrogen-bond donors (Lipinski definition) is 0. The molecule has 3 rings (SSSR count). The van der Waals surface area contributed by atoms with Crippen LogP contribution in [0.2, 0.25) is 0 Å². The van der Waals surface area contributed by atoms with E-state index in [4.69, 9.17) is 0 Å². The summed E-state index contributed by atoms with van der Waals surface area (Å²) in [5.74, 6) is 2.91. The van der Waals surface area contributed by atoms with Crippen LogP contribution in [0.1, 0.15) is 26.7 Å². The molecule has 0 N–H and O–H groups in total. The van der Waals surface area contributed by atoms with Crippen LogP contribution in [0.5, 0.6) is 0 Å². The lowest BCUT2D eigenvalue weighted by molar-refractivity contribution is -0.0176. The van der Waals surface area contributed by atoms with Crippen LogP contribution in [0.25, 0.3) is 0 Å². The number of rotatable bonds is 0. The molecule has 1 aliphatic carbocycles. The number of hydrogen-bond acceptors (Lipinski definition) is 1. The summed E-state index contributed by atoms with van der Waals surface area (Å²) >= 11 is 0. The van der Waals surface area contributed by atoms with E-state index in [0.29, 0.717) is 0 Å². The van der Waals surface area contributed by atoms with Gasteiger partial charge in [0.1, 0.15) is 0 Å². The minimum absolute atomic E-state index is 0.898. The maximum Gasteiger partial charge on any atom is 0.0121 e. The van der Waals surface area contributed by atoms with Gasteiger partial charge in [-0.25, -0.2) is 0 Å². The predicted molar refractivity (Wildman–Crippen MR) is 47.5 cm³/mol. The number of nitrogens with zero attached hydrogens (tertiary/aromatic N) is 1. The number of piperidine rings is 2. The van der Waals surface area contributed by atoms with E-state index in [2.05, 4.69) is 25.8 Å². The van der Waals surface area contributed by atoms with Crippen molar-refractivity contribution in [2.75, 3.05) is 13.6 Å². The highest BCUT2D eigenvalue weighted by molar-refractivity contribution is 4.94. The second-order valence-corrected chi connectivity index (χ2v) is 4.56. The monoisotopic (exact) mass is 153 g/mol. The zero-order chi connectivity index (χ0) is 8.01. The van der Waals surface area contributed by atoms with Crippen molar-refractivity contribution in [3.63, 3.8) is 0 Å². The van der Waals surface area contributed by atoms with Crippen LogP contribution in [0, 0.1) is 17.8 Å². The Morgan fingerprint density at radius 1 is 1.09 bits per heavy atom. The van der Waals surface area contributed by atoms with E-state index in [1.165, 1.54) is 19.4 Å². The highest BCUT2D eigenvalue weighted by Gasteiger charge is 2.41. The molecule has 0 aromatic rings. The van der Waals surface area contributed by atoms with Crippen molar-refractivity contribution >= 4 is 0 Å². The van der Waals surface area contributed by atoms with E-state index in [9.17, 15) is 0 Å². The first-order valence-corrected chi connectivity index (χ1v) is 4.90. The molecule has 1 nitrogen and oxygen atoms in total. The van der Waals surface area contributed by atoms with Crippen LogP contribution in [0.15, 0.2) is 0 Å². The molecule has 1 heteroatoms. The Hall–Kier alpha value is -0.0400. The van der Waals surface area contributed by atoms with Gasteiger partial charge in [-0.2, -0.15) is 0 Å². The Kier molecular flexibility index (Phi) is 1.71. The van der Waals surface area contributed by atoms with Crippen LogP contribution < -0.4 is 0 Å². The molecular weight excluding hydrogens is 134 g/mol. The van der Waals surface area contributed by atoms with Gasteiger partial charge in [0.25, 0.3) is 0 Å². The predicted octanol–water partition coefficient (Wildman–Crippen LogP) is 1.98. The van der Waals surface area contributed by atoms with Crippen molar-refractivity contribution in [2.45, 2.75) is 32.7 Å². The molecule has 4 atom stereocenters. The topological polar surface area (TPSA) is 3.24 Å². The summed E-state index contributed by atoms with van der Waals surface area (Å²) in [6.07, 6.45) is 2.94. The molecule has 2 saturated heterocycles. The van der Waals surface area contributed by atoms with Crippen LogP contribution in [0.3, 0.4) is 0 Å². The van der Waals surface area contributed by atoms with Crippen LogP contribution in [-0.4, -0.2) is 24.5 Å². The average Bonchev–Trinajstić information content (AvgIpc) is 1.99. The first-order valence-electron chi connectivity index (χ1n) is 4.90. The van der Waals surface area contributed by atoms with Crippen molar-refractivity contribution < 1.29 is 0 Å². The van der Waals surface area contributed by atoms with Gasteiger partial charge in [-0.05, 0) is 37.6 Å². The molecule has 0 amide bonds. The molecule has 3 fully saturated rings. The van der Waals surface area contributed by atoms with Gasteiger partial charge < -0.3 is 4.90 Å². The van der Waals surface area contributed by atoms with Crippen molar-refractivity contribution in [3.05, 3.63) is 0 Å². The molecule has 3 aliphatic rings. The van der Waals surface area contributed by atoms with E-state index < -0.39 is 0 Å². The maximum atomic E-state index is 2.57. The fourth-order valence-corrected chi connectivity index (χ4v) is 3.07. The van der Waals surface area contributed by atoms with E-state index in [1.54, 1.807) is 0 Å². The van der Waals surface area contributed by atoms with Crippen molar-refractivity contribution in [2.24, 2.45) is 17.8 Å². The van der Waals surface area contributed by atoms with Gasteiger partial charge in [0.2, 0.25) is 0 Å². The summed E-state index contributed by atoms with van der Waals surface area (Å²) < 4.78 is 0. The lowest BCUT2D eigenvalue weighted by Crippen LogP contribution is -2.54. The third kappa shape index (κ3) is 1.01. The zero-order valence-corrected chi connectivity index (χ0v) is 7.88. The quantitative estimate of drug-likeness (QED) is 0.514. The van der Waals surface area contributed by atoms with E-state index in [1.807, 2.05) is 0 Å². The third-order valence-electron chi connectivity index (χ3n) is 4.10. The normalized spacial score (nSPS) is 51.5. The molecule has 64 valence electrons. The third-order valence-corrected chi connectivity index (χ3v) is 4.10. The molecule has 2 heterocycles. The molecule has 2 bridgehead atoms. The fraction of sp³-hybridized carbons (Fsp3) is 1.00. The smallest absolute Gasteiger partial charge is 0.0121 e. The van der Waals surface area contributed by atoms with Crippen molar-refractivity contribution in [3.8, 4) is 0 Å². The van der Waals surface area contributed by atoms with Gasteiger partial charge in [-0.1, -0.05) is 13.8 Å². The summed E-state index contributed by atoms with van der Waals surface area (Å²) in [6.45, 7) is 6.22. The molecule has 0 radical (unpaired) electrons. The van der Waals surface area contributed by atoms with Gasteiger partial charge in [0.15, 0.2) is 0 Å². The lowest BCUT2D eigenvalue weighted by Gasteiger charge is -2.51. The van der Waals surface area contributed by atoms with Gasteiger partial charge in [0, 0.05) is 12.6 Å². The second kappa shape index (κ2) is 2.48. The highest BCUT2D eigenvalue weighted by Crippen LogP contribution is 2.41. The molecular formula is C10H19N. The molecule has 11 heavy (non-hydrogen) atoms. The minimum atomic E-state index is 0.898. The molecule has 0 aromatic heterocycles. The lowest BCUT2D eigenvalue weighted by atomic mass is 9.67. The molecule has 1 saturated carbocycles. The largest absolute Gasteiger partial charge is 0.303 e. The van der Waals surface area contributed by atoms with Crippen LogP contribution in [0.4, 0.5) is 0 Å². The Labute approximate surface area is 69.8 Å². The SMILES string of the molecule is CC1C2CCC(C1C)N(C)C2. The van der Waals surface area contributed by atoms with Crippen LogP contribution >= 0.6 is 0 Å². The standard InChI is InChI=1S/C10H19N/c1-7-8(2)10-5-4-9(7)6-11(10)3/h7-10H,4-6H2,1-3H3. The Bertz CT molecular complexity index is 153.